The highest BCUT2D eigenvalue weighted by Crippen LogP contribution is 2.31. The lowest BCUT2D eigenvalue weighted by Gasteiger charge is -2.23. The van der Waals surface area contributed by atoms with Crippen molar-refractivity contribution in [3.05, 3.63) is 71.0 Å². The van der Waals surface area contributed by atoms with Gasteiger partial charge in [0.15, 0.2) is 5.78 Å². The summed E-state index contributed by atoms with van der Waals surface area (Å²) in [7, 11) is 1.38. The number of ketones is 1. The molecule has 10 heteroatoms. The van der Waals surface area contributed by atoms with Crippen molar-refractivity contribution in [2.24, 2.45) is 0 Å². The van der Waals surface area contributed by atoms with Gasteiger partial charge in [-0.1, -0.05) is 52.3 Å². The van der Waals surface area contributed by atoms with Crippen molar-refractivity contribution in [3.8, 4) is 0 Å². The molecule has 2 aliphatic rings. The number of carbonyl (C=O) groups is 4. The zero-order valence-corrected chi connectivity index (χ0v) is 29.3. The summed E-state index contributed by atoms with van der Waals surface area (Å²) in [5.74, 6) is 0.105. The monoisotopic (exact) mass is 692 g/mol. The number of Topliss-reactive ketones (excluding diaryl/α,β-unsaturated/α-hetero) is 1. The number of aromatic nitrogens is 2. The molecule has 6 rings (SSSR count). The Morgan fingerprint density at radius 3 is 1.85 bits per heavy atom. The van der Waals surface area contributed by atoms with Crippen LogP contribution in [-0.2, 0) is 14.3 Å². The summed E-state index contributed by atoms with van der Waals surface area (Å²) in [5, 5.41) is 1.85. The van der Waals surface area contributed by atoms with Crippen LogP contribution >= 0.6 is 15.9 Å². The van der Waals surface area contributed by atoms with E-state index >= 15 is 0 Å². The maximum absolute atomic E-state index is 12.8. The van der Waals surface area contributed by atoms with Crippen LogP contribution in [0.15, 0.2) is 48.5 Å². The molecule has 9 nitrogen and oxygen atoms in total. The van der Waals surface area contributed by atoms with Gasteiger partial charge in [0.05, 0.1) is 17.5 Å². The minimum absolute atomic E-state index is 0.00870. The molecule has 0 bridgehead atoms. The van der Waals surface area contributed by atoms with E-state index in [1.54, 1.807) is 6.92 Å². The predicted molar refractivity (Wildman–Crippen MR) is 186 cm³/mol. The van der Waals surface area contributed by atoms with Gasteiger partial charge in [0.1, 0.15) is 6.04 Å². The van der Waals surface area contributed by atoms with Gasteiger partial charge in [0.2, 0.25) is 11.8 Å². The van der Waals surface area contributed by atoms with E-state index in [1.807, 2.05) is 90.6 Å². The van der Waals surface area contributed by atoms with Crippen molar-refractivity contribution in [3.63, 3.8) is 0 Å². The summed E-state index contributed by atoms with van der Waals surface area (Å²) in [6.45, 7) is 12.7. The van der Waals surface area contributed by atoms with E-state index in [1.165, 1.54) is 20.0 Å². The average Bonchev–Trinajstić information content (AvgIpc) is 3.85. The first-order chi connectivity index (χ1) is 22.0. The van der Waals surface area contributed by atoms with Gasteiger partial charge in [-0.25, -0.2) is 4.79 Å². The minimum Gasteiger partial charge on any atom is -0.465 e. The molecular weight excluding hydrogens is 648 g/mol. The van der Waals surface area contributed by atoms with Gasteiger partial charge in [0, 0.05) is 64.9 Å². The standard InChI is InChI=1S/C18H22N2O3.C11H11NO.C7H12BrNO/c1-12-16(18(22)23-3)14-8-4-5-9-15(14)20(12)13(2)17(21)19-10-6-7-11-19;1-7-11(8(2)13)9-5-3-4-6-10(9)12-7;1-6(8)7(10)9-4-2-3-5-9/h4-5,8-9,13H,6-7,10-11H2,1-3H3;3-6,12H,1-2H3;6H,2-5H2,1H3. The van der Waals surface area contributed by atoms with E-state index in [-0.39, 0.29) is 34.4 Å². The van der Waals surface area contributed by atoms with Crippen LogP contribution in [0.5, 0.6) is 0 Å². The molecule has 0 aliphatic carbocycles. The quantitative estimate of drug-likeness (QED) is 0.138. The van der Waals surface area contributed by atoms with E-state index in [4.69, 9.17) is 4.74 Å². The molecule has 2 aromatic heterocycles. The highest BCUT2D eigenvalue weighted by Gasteiger charge is 2.29. The third kappa shape index (κ3) is 7.54. The molecule has 2 aromatic carbocycles. The molecule has 0 saturated carbocycles. The van der Waals surface area contributed by atoms with E-state index in [2.05, 4.69) is 20.9 Å². The minimum atomic E-state index is -0.363. The van der Waals surface area contributed by atoms with E-state index < -0.39 is 0 Å². The number of alkyl halides is 1. The van der Waals surface area contributed by atoms with Crippen molar-refractivity contribution in [2.45, 2.75) is 71.2 Å². The number of aryl methyl sites for hydroxylation is 1. The normalized spacial score (nSPS) is 15.5. The Balaban J connectivity index is 0.000000175. The summed E-state index contributed by atoms with van der Waals surface area (Å²) >= 11 is 3.26. The maximum atomic E-state index is 12.8. The van der Waals surface area contributed by atoms with Crippen LogP contribution < -0.4 is 0 Å². The van der Waals surface area contributed by atoms with Gasteiger partial charge >= 0.3 is 5.97 Å². The lowest BCUT2D eigenvalue weighted by Crippen LogP contribution is -2.34. The summed E-state index contributed by atoms with van der Waals surface area (Å²) in [6.07, 6.45) is 4.48. The third-order valence-electron chi connectivity index (χ3n) is 8.71. The average molecular weight is 694 g/mol. The topological polar surface area (TPSA) is 105 Å². The number of nitrogens with one attached hydrogen (secondary N) is 1. The van der Waals surface area contributed by atoms with Gasteiger partial charge < -0.3 is 24.1 Å². The first-order valence-electron chi connectivity index (χ1n) is 16.0. The van der Waals surface area contributed by atoms with Crippen LogP contribution in [0, 0.1) is 13.8 Å². The molecule has 46 heavy (non-hydrogen) atoms. The molecule has 246 valence electrons. The Kier molecular flexibility index (Phi) is 11.8. The molecular formula is C36H45BrN4O5. The van der Waals surface area contributed by atoms with Crippen molar-refractivity contribution in [1.82, 2.24) is 19.4 Å². The fourth-order valence-electron chi connectivity index (χ4n) is 6.48. The van der Waals surface area contributed by atoms with Crippen LogP contribution in [0.4, 0.5) is 0 Å². The molecule has 0 radical (unpaired) electrons. The number of ether oxygens (including phenoxy) is 1. The lowest BCUT2D eigenvalue weighted by atomic mass is 10.1. The number of methoxy groups -OCH3 is 1. The van der Waals surface area contributed by atoms with E-state index in [0.29, 0.717) is 5.56 Å². The SMILES string of the molecule is CC(=O)c1c(C)[nH]c2ccccc12.CC(Br)C(=O)N1CCCC1.COC(=O)c1c(C)n(C(C)C(=O)N2CCCC2)c2ccccc12. The van der Waals surface area contributed by atoms with Crippen molar-refractivity contribution in [1.29, 1.82) is 0 Å². The number of carbonyl (C=O) groups excluding carboxylic acids is 4. The molecule has 4 aromatic rings. The van der Waals surface area contributed by atoms with Gasteiger partial charge in [-0.05, 0) is 72.4 Å². The molecule has 0 spiro atoms. The van der Waals surface area contributed by atoms with Crippen LogP contribution in [0.2, 0.25) is 0 Å². The number of likely N-dealkylation sites (tertiary alicyclic amines) is 2. The first-order valence-corrected chi connectivity index (χ1v) is 16.9. The summed E-state index contributed by atoms with van der Waals surface area (Å²) in [5.41, 5.74) is 5.02. The zero-order chi connectivity index (χ0) is 33.5. The number of nitrogens with zero attached hydrogens (tertiary/aromatic N) is 3. The number of rotatable bonds is 5. The van der Waals surface area contributed by atoms with Crippen LogP contribution in [0.25, 0.3) is 21.8 Å². The summed E-state index contributed by atoms with van der Waals surface area (Å²) in [4.78, 5) is 54.5. The Labute approximate surface area is 279 Å². The third-order valence-corrected chi connectivity index (χ3v) is 9.10. The second-order valence-electron chi connectivity index (χ2n) is 11.9. The molecule has 2 unspecified atom stereocenters. The van der Waals surface area contributed by atoms with Crippen LogP contribution in [-0.4, -0.2) is 81.0 Å². The summed E-state index contributed by atoms with van der Waals surface area (Å²) < 4.78 is 6.89. The molecule has 1 N–H and O–H groups in total. The Bertz CT molecular complexity index is 1710. The highest BCUT2D eigenvalue weighted by atomic mass is 79.9. The smallest absolute Gasteiger partial charge is 0.340 e. The lowest BCUT2D eigenvalue weighted by molar-refractivity contribution is -0.133. The number of benzene rings is 2. The number of amides is 2. The molecule has 2 atom stereocenters. The number of hydrogen-bond donors (Lipinski definition) is 1. The van der Waals surface area contributed by atoms with Gasteiger partial charge in [-0.15, -0.1) is 0 Å². The Morgan fingerprint density at radius 2 is 1.30 bits per heavy atom. The van der Waals surface area contributed by atoms with Crippen LogP contribution in [0.3, 0.4) is 0 Å². The van der Waals surface area contributed by atoms with Crippen molar-refractivity contribution < 1.29 is 23.9 Å². The van der Waals surface area contributed by atoms with Crippen molar-refractivity contribution >= 4 is 61.3 Å². The van der Waals surface area contributed by atoms with Crippen LogP contribution in [0.1, 0.15) is 84.6 Å². The Hall–Kier alpha value is -3.92. The maximum Gasteiger partial charge on any atom is 0.340 e. The Morgan fingerprint density at radius 1 is 0.783 bits per heavy atom. The number of fused-ring (bicyclic) bond motifs is 2. The number of para-hydroxylation sites is 2. The second-order valence-corrected chi connectivity index (χ2v) is 13.3. The molecule has 2 amide bonds. The fourth-order valence-corrected chi connectivity index (χ4v) is 6.77. The molecule has 2 aliphatic heterocycles. The molecule has 4 heterocycles. The molecule has 2 fully saturated rings. The number of H-pyrrole nitrogens is 1. The first kappa shape index (κ1) is 34.9. The number of aromatic amines is 1. The molecule has 2 saturated heterocycles. The van der Waals surface area contributed by atoms with E-state index in [9.17, 15) is 19.2 Å². The van der Waals surface area contributed by atoms with Gasteiger partial charge in [-0.2, -0.15) is 0 Å². The van der Waals surface area contributed by atoms with E-state index in [0.717, 1.165) is 77.8 Å². The summed E-state index contributed by atoms with van der Waals surface area (Å²) in [6, 6.07) is 15.2. The fraction of sp³-hybridized carbons (Fsp3) is 0.444. The highest BCUT2D eigenvalue weighted by molar-refractivity contribution is 9.10. The van der Waals surface area contributed by atoms with Gasteiger partial charge in [-0.3, -0.25) is 14.4 Å². The second kappa shape index (κ2) is 15.6. The van der Waals surface area contributed by atoms with Gasteiger partial charge in [0.25, 0.3) is 0 Å². The number of hydrogen-bond acceptors (Lipinski definition) is 5. The predicted octanol–water partition coefficient (Wildman–Crippen LogP) is 6.99. The zero-order valence-electron chi connectivity index (χ0n) is 27.7. The number of halogens is 1. The van der Waals surface area contributed by atoms with Crippen molar-refractivity contribution in [2.75, 3.05) is 33.3 Å². The largest absolute Gasteiger partial charge is 0.465 e. The number of esters is 1.